The number of likely N-dealkylation sites (tertiary alicyclic amines) is 1. The minimum atomic E-state index is -0.115. The Labute approximate surface area is 194 Å². The third-order valence-corrected chi connectivity index (χ3v) is 6.59. The van der Waals surface area contributed by atoms with Crippen molar-refractivity contribution in [2.45, 2.75) is 19.3 Å². The lowest BCUT2D eigenvalue weighted by Crippen LogP contribution is -2.39. The fraction of sp³-hybridized carbons (Fsp3) is 0.296. The van der Waals surface area contributed by atoms with Gasteiger partial charge in [-0.2, -0.15) is 5.10 Å². The van der Waals surface area contributed by atoms with E-state index in [0.29, 0.717) is 18.2 Å². The number of piperidine rings is 1. The van der Waals surface area contributed by atoms with Crippen LogP contribution < -0.4 is 5.32 Å². The molecule has 2 aromatic heterocycles. The molecule has 5 rings (SSSR count). The van der Waals surface area contributed by atoms with Crippen molar-refractivity contribution in [3.8, 4) is 11.1 Å². The SMILES string of the molecule is O=C(NCC1CCN(CCc2ccccc2)CC1)c1n[nH]c2ccc(-c3cccnc3)cc12. The van der Waals surface area contributed by atoms with Gasteiger partial charge in [0.2, 0.25) is 0 Å². The molecule has 0 radical (unpaired) electrons. The lowest BCUT2D eigenvalue weighted by molar-refractivity contribution is 0.0933. The molecule has 0 unspecified atom stereocenters. The molecule has 6 heteroatoms. The molecular weight excluding hydrogens is 410 g/mol. The summed E-state index contributed by atoms with van der Waals surface area (Å²) in [4.78, 5) is 19.6. The Morgan fingerprint density at radius 1 is 1.03 bits per heavy atom. The van der Waals surface area contributed by atoms with E-state index in [1.54, 1.807) is 6.20 Å². The van der Waals surface area contributed by atoms with Gasteiger partial charge >= 0.3 is 0 Å². The van der Waals surface area contributed by atoms with E-state index < -0.39 is 0 Å². The zero-order valence-electron chi connectivity index (χ0n) is 18.7. The number of amides is 1. The molecule has 4 aromatic rings. The predicted molar refractivity (Wildman–Crippen MR) is 131 cm³/mol. The van der Waals surface area contributed by atoms with Gasteiger partial charge in [-0.05, 0) is 67.6 Å². The summed E-state index contributed by atoms with van der Waals surface area (Å²) < 4.78 is 0. The molecule has 1 fully saturated rings. The van der Waals surface area contributed by atoms with Crippen LogP contribution in [0.2, 0.25) is 0 Å². The van der Waals surface area contributed by atoms with Crippen LogP contribution in [0.3, 0.4) is 0 Å². The van der Waals surface area contributed by atoms with Crippen molar-refractivity contribution in [2.75, 3.05) is 26.2 Å². The number of pyridine rings is 1. The van der Waals surface area contributed by atoms with Crippen LogP contribution in [0, 0.1) is 5.92 Å². The number of fused-ring (bicyclic) bond motifs is 1. The first-order chi connectivity index (χ1) is 16.3. The van der Waals surface area contributed by atoms with Gasteiger partial charge in [0.15, 0.2) is 5.69 Å². The summed E-state index contributed by atoms with van der Waals surface area (Å²) in [6, 6.07) is 20.6. The Hall–Kier alpha value is -3.51. The summed E-state index contributed by atoms with van der Waals surface area (Å²) in [6.45, 7) is 3.98. The summed E-state index contributed by atoms with van der Waals surface area (Å²) in [5.74, 6) is 0.397. The topological polar surface area (TPSA) is 73.9 Å². The van der Waals surface area contributed by atoms with E-state index in [0.717, 1.165) is 60.9 Å². The average molecular weight is 440 g/mol. The smallest absolute Gasteiger partial charge is 0.272 e. The quantitative estimate of drug-likeness (QED) is 0.450. The lowest BCUT2D eigenvalue weighted by atomic mass is 9.96. The number of hydrogen-bond acceptors (Lipinski definition) is 4. The fourth-order valence-corrected chi connectivity index (χ4v) is 4.57. The van der Waals surface area contributed by atoms with Gasteiger partial charge in [0.25, 0.3) is 5.91 Å². The van der Waals surface area contributed by atoms with Gasteiger partial charge < -0.3 is 10.2 Å². The second-order valence-corrected chi connectivity index (χ2v) is 8.80. The lowest BCUT2D eigenvalue weighted by Gasteiger charge is -2.32. The summed E-state index contributed by atoms with van der Waals surface area (Å²) in [6.07, 6.45) is 6.90. The van der Waals surface area contributed by atoms with Crippen LogP contribution in [0.1, 0.15) is 28.9 Å². The van der Waals surface area contributed by atoms with Crippen LogP contribution >= 0.6 is 0 Å². The third kappa shape index (κ3) is 5.12. The summed E-state index contributed by atoms with van der Waals surface area (Å²) in [5.41, 5.74) is 4.75. The van der Waals surface area contributed by atoms with Crippen LogP contribution in [0.5, 0.6) is 0 Å². The fourth-order valence-electron chi connectivity index (χ4n) is 4.57. The maximum atomic E-state index is 12.9. The van der Waals surface area contributed by atoms with Crippen LogP contribution in [0.4, 0.5) is 0 Å². The molecule has 168 valence electrons. The van der Waals surface area contributed by atoms with Gasteiger partial charge in [-0.15, -0.1) is 0 Å². The van der Waals surface area contributed by atoms with Crippen LogP contribution in [0.15, 0.2) is 73.1 Å². The number of carbonyl (C=O) groups excluding carboxylic acids is 1. The molecule has 3 heterocycles. The first-order valence-corrected chi connectivity index (χ1v) is 11.7. The van der Waals surface area contributed by atoms with Gasteiger partial charge in [0, 0.05) is 36.4 Å². The van der Waals surface area contributed by atoms with Crippen LogP contribution in [-0.4, -0.2) is 52.2 Å². The predicted octanol–water partition coefficient (Wildman–Crippen LogP) is 4.31. The van der Waals surface area contributed by atoms with E-state index in [1.807, 2.05) is 36.5 Å². The second kappa shape index (κ2) is 9.96. The number of aromatic nitrogens is 3. The van der Waals surface area contributed by atoms with Gasteiger partial charge in [-0.3, -0.25) is 14.9 Å². The van der Waals surface area contributed by atoms with E-state index in [-0.39, 0.29) is 5.91 Å². The second-order valence-electron chi connectivity index (χ2n) is 8.80. The molecule has 2 aromatic carbocycles. The summed E-state index contributed by atoms with van der Waals surface area (Å²) in [5, 5.41) is 11.2. The highest BCUT2D eigenvalue weighted by molar-refractivity contribution is 6.05. The molecule has 2 N–H and O–H groups in total. The molecule has 1 aliphatic rings. The normalized spacial score (nSPS) is 15.0. The molecule has 1 aliphatic heterocycles. The highest BCUT2D eigenvalue weighted by Gasteiger charge is 2.21. The Kier molecular flexibility index (Phi) is 6.44. The molecule has 0 aliphatic carbocycles. The van der Waals surface area contributed by atoms with Crippen molar-refractivity contribution < 1.29 is 4.79 Å². The van der Waals surface area contributed by atoms with Crippen molar-refractivity contribution in [2.24, 2.45) is 5.92 Å². The number of hydrogen-bond donors (Lipinski definition) is 2. The van der Waals surface area contributed by atoms with Crippen molar-refractivity contribution in [1.82, 2.24) is 25.4 Å². The van der Waals surface area contributed by atoms with Crippen LogP contribution in [0.25, 0.3) is 22.0 Å². The minimum absolute atomic E-state index is 0.115. The number of nitrogens with one attached hydrogen (secondary N) is 2. The zero-order valence-corrected chi connectivity index (χ0v) is 18.7. The molecule has 33 heavy (non-hydrogen) atoms. The number of rotatable bonds is 7. The summed E-state index contributed by atoms with van der Waals surface area (Å²) in [7, 11) is 0. The van der Waals surface area contributed by atoms with E-state index in [4.69, 9.17) is 0 Å². The van der Waals surface area contributed by atoms with E-state index in [1.165, 1.54) is 5.56 Å². The molecule has 0 spiro atoms. The Bertz CT molecular complexity index is 1200. The highest BCUT2D eigenvalue weighted by Crippen LogP contribution is 2.25. The Morgan fingerprint density at radius 3 is 2.67 bits per heavy atom. The zero-order chi connectivity index (χ0) is 22.5. The Balaban J connectivity index is 1.15. The monoisotopic (exact) mass is 439 g/mol. The van der Waals surface area contributed by atoms with Gasteiger partial charge in [0.1, 0.15) is 0 Å². The van der Waals surface area contributed by atoms with Gasteiger partial charge in [-0.1, -0.05) is 42.5 Å². The van der Waals surface area contributed by atoms with Crippen molar-refractivity contribution in [3.05, 3.63) is 84.3 Å². The van der Waals surface area contributed by atoms with Gasteiger partial charge in [0.05, 0.1) is 5.52 Å². The van der Waals surface area contributed by atoms with E-state index in [9.17, 15) is 4.79 Å². The average Bonchev–Trinajstić information content (AvgIpc) is 3.31. The third-order valence-electron chi connectivity index (χ3n) is 6.59. The van der Waals surface area contributed by atoms with Crippen molar-refractivity contribution in [1.29, 1.82) is 0 Å². The molecule has 0 bridgehead atoms. The number of nitrogens with zero attached hydrogens (tertiary/aromatic N) is 3. The number of carbonyl (C=O) groups is 1. The van der Waals surface area contributed by atoms with Crippen molar-refractivity contribution >= 4 is 16.8 Å². The van der Waals surface area contributed by atoms with Crippen LogP contribution in [-0.2, 0) is 6.42 Å². The maximum Gasteiger partial charge on any atom is 0.272 e. The molecule has 1 amide bonds. The van der Waals surface area contributed by atoms with Gasteiger partial charge in [-0.25, -0.2) is 0 Å². The summed E-state index contributed by atoms with van der Waals surface area (Å²) >= 11 is 0. The minimum Gasteiger partial charge on any atom is -0.350 e. The number of benzene rings is 2. The number of H-pyrrole nitrogens is 1. The van der Waals surface area contributed by atoms with E-state index in [2.05, 4.69) is 55.7 Å². The first kappa shape index (κ1) is 21.3. The molecule has 0 atom stereocenters. The standard InChI is InChI=1S/C27H29N5O/c33-27(26-24-17-22(8-9-25(24)30-31-26)23-7-4-13-28-19-23)29-18-21-11-15-32(16-12-21)14-10-20-5-2-1-3-6-20/h1-9,13,17,19,21H,10-12,14-16,18H2,(H,29,33)(H,30,31). The highest BCUT2D eigenvalue weighted by atomic mass is 16.1. The first-order valence-electron chi connectivity index (χ1n) is 11.7. The number of aromatic amines is 1. The maximum absolute atomic E-state index is 12.9. The van der Waals surface area contributed by atoms with Crippen molar-refractivity contribution in [3.63, 3.8) is 0 Å². The largest absolute Gasteiger partial charge is 0.350 e. The molecule has 6 nitrogen and oxygen atoms in total. The molecule has 1 saturated heterocycles. The van der Waals surface area contributed by atoms with E-state index >= 15 is 0 Å². The Morgan fingerprint density at radius 2 is 1.88 bits per heavy atom. The molecule has 0 saturated carbocycles. The molecular formula is C27H29N5O.